The van der Waals surface area contributed by atoms with Gasteiger partial charge in [0.1, 0.15) is 0 Å². The van der Waals surface area contributed by atoms with E-state index < -0.39 is 12.3 Å². The van der Waals surface area contributed by atoms with E-state index >= 15 is 0 Å². The molecular formula is C37H39N3O4. The zero-order valence-electron chi connectivity index (χ0n) is 25.3. The van der Waals surface area contributed by atoms with Gasteiger partial charge in [-0.1, -0.05) is 86.8 Å². The molecule has 0 spiro atoms. The molecule has 0 bridgehead atoms. The van der Waals surface area contributed by atoms with E-state index in [1.54, 1.807) is 29.2 Å². The van der Waals surface area contributed by atoms with Crippen LogP contribution in [-0.2, 0) is 14.3 Å². The molecule has 0 saturated carbocycles. The summed E-state index contributed by atoms with van der Waals surface area (Å²) < 4.78 is 11.6. The predicted octanol–water partition coefficient (Wildman–Crippen LogP) is 8.51. The van der Waals surface area contributed by atoms with Gasteiger partial charge in [0.2, 0.25) is 0 Å². The number of anilines is 4. The number of likely N-dealkylation sites (N-methyl/N-ethyl adjacent to an activating group) is 1. The minimum Gasteiger partial charge on any atom is -0.462 e. The maximum Gasteiger partial charge on any atom is 0.340 e. The number of hydrogen-bond acceptors (Lipinski definition) is 6. The topological polar surface area (TPSA) is 71.1 Å². The Balaban J connectivity index is 1.31. The Bertz CT molecular complexity index is 1520. The highest BCUT2D eigenvalue weighted by atomic mass is 16.5. The average molecular weight is 590 g/mol. The summed E-state index contributed by atoms with van der Waals surface area (Å²) in [6.45, 7) is 4.85. The molecule has 1 atom stereocenters. The zero-order valence-corrected chi connectivity index (χ0v) is 25.3. The highest BCUT2D eigenvalue weighted by Gasteiger charge is 2.36. The number of esters is 1. The predicted molar refractivity (Wildman–Crippen MR) is 176 cm³/mol. The minimum atomic E-state index is -0.761. The molecule has 7 nitrogen and oxygen atoms in total. The monoisotopic (exact) mass is 589 g/mol. The summed E-state index contributed by atoms with van der Waals surface area (Å²) in [5.74, 6) is -0.385. The Morgan fingerprint density at radius 3 is 2.07 bits per heavy atom. The molecule has 1 N–H and O–H groups in total. The molecule has 1 fully saturated rings. The second-order valence-electron chi connectivity index (χ2n) is 10.6. The maximum absolute atomic E-state index is 13.3. The van der Waals surface area contributed by atoms with Gasteiger partial charge in [0, 0.05) is 23.6 Å². The highest BCUT2D eigenvalue weighted by molar-refractivity contribution is 5.99. The van der Waals surface area contributed by atoms with E-state index in [9.17, 15) is 9.59 Å². The van der Waals surface area contributed by atoms with Crippen LogP contribution in [0.1, 0.15) is 55.5 Å². The number of rotatable bonds is 13. The molecule has 1 amide bonds. The number of benzene rings is 4. The summed E-state index contributed by atoms with van der Waals surface area (Å²) in [5.41, 5.74) is 4.88. The molecule has 1 saturated heterocycles. The number of carbonyl (C=O) groups excluding carboxylic acids is 2. The van der Waals surface area contributed by atoms with Crippen LogP contribution in [0.15, 0.2) is 115 Å². The largest absolute Gasteiger partial charge is 0.462 e. The Kier molecular flexibility index (Phi) is 10.3. The van der Waals surface area contributed by atoms with Crippen molar-refractivity contribution in [2.75, 3.05) is 23.4 Å². The van der Waals surface area contributed by atoms with Gasteiger partial charge in [0.25, 0.3) is 12.3 Å². The van der Waals surface area contributed by atoms with Gasteiger partial charge < -0.3 is 19.7 Å². The quantitative estimate of drug-likeness (QED) is 0.0958. The van der Waals surface area contributed by atoms with Crippen molar-refractivity contribution < 1.29 is 19.1 Å². The lowest BCUT2D eigenvalue weighted by Gasteiger charge is -2.25. The molecular weight excluding hydrogens is 550 g/mol. The smallest absolute Gasteiger partial charge is 0.340 e. The van der Waals surface area contributed by atoms with Crippen LogP contribution in [0.25, 0.3) is 6.08 Å². The molecule has 0 aliphatic carbocycles. The van der Waals surface area contributed by atoms with Crippen molar-refractivity contribution in [2.24, 2.45) is 0 Å². The number of carbonyl (C=O) groups is 2. The van der Waals surface area contributed by atoms with Gasteiger partial charge in [0.15, 0.2) is 5.76 Å². The van der Waals surface area contributed by atoms with Gasteiger partial charge >= 0.3 is 5.97 Å². The highest BCUT2D eigenvalue weighted by Crippen LogP contribution is 2.34. The fourth-order valence-corrected chi connectivity index (χ4v) is 5.16. The van der Waals surface area contributed by atoms with Crippen molar-refractivity contribution in [1.29, 1.82) is 0 Å². The van der Waals surface area contributed by atoms with Crippen LogP contribution in [0.4, 0.5) is 22.7 Å². The van der Waals surface area contributed by atoms with Crippen molar-refractivity contribution >= 4 is 40.7 Å². The van der Waals surface area contributed by atoms with E-state index in [-0.39, 0.29) is 11.7 Å². The summed E-state index contributed by atoms with van der Waals surface area (Å²) in [6, 6.07) is 35.5. The lowest BCUT2D eigenvalue weighted by atomic mass is 10.1. The summed E-state index contributed by atoms with van der Waals surface area (Å²) in [4.78, 5) is 30.0. The summed E-state index contributed by atoms with van der Waals surface area (Å²) >= 11 is 0. The summed E-state index contributed by atoms with van der Waals surface area (Å²) in [5, 5.41) is 3.24. The molecule has 226 valence electrons. The minimum absolute atomic E-state index is 0.222. The van der Waals surface area contributed by atoms with Crippen LogP contribution >= 0.6 is 0 Å². The van der Waals surface area contributed by atoms with Crippen LogP contribution in [0.2, 0.25) is 0 Å². The third-order valence-electron chi connectivity index (χ3n) is 7.47. The van der Waals surface area contributed by atoms with Crippen molar-refractivity contribution in [3.63, 3.8) is 0 Å². The van der Waals surface area contributed by atoms with Crippen LogP contribution in [0, 0.1) is 0 Å². The number of hydrogen-bond donors (Lipinski definition) is 1. The van der Waals surface area contributed by atoms with Crippen molar-refractivity contribution in [1.82, 2.24) is 4.90 Å². The Labute approximate surface area is 259 Å². The molecule has 1 aliphatic heterocycles. The molecule has 1 heterocycles. The Morgan fingerprint density at radius 2 is 1.43 bits per heavy atom. The van der Waals surface area contributed by atoms with Gasteiger partial charge in [0.05, 0.1) is 17.9 Å². The second-order valence-corrected chi connectivity index (χ2v) is 10.6. The van der Waals surface area contributed by atoms with Crippen LogP contribution in [0.3, 0.4) is 0 Å². The fourth-order valence-electron chi connectivity index (χ4n) is 5.16. The molecule has 1 aliphatic rings. The van der Waals surface area contributed by atoms with E-state index in [0.717, 1.165) is 48.3 Å². The first kappa shape index (κ1) is 30.4. The number of unbranched alkanes of at least 4 members (excludes halogenated alkanes) is 3. The third-order valence-corrected chi connectivity index (χ3v) is 7.47. The van der Waals surface area contributed by atoms with Crippen LogP contribution in [0.5, 0.6) is 0 Å². The first-order chi connectivity index (χ1) is 21.6. The average Bonchev–Trinajstić information content (AvgIpc) is 3.35. The van der Waals surface area contributed by atoms with Gasteiger partial charge in [-0.05, 0) is 73.5 Å². The lowest BCUT2D eigenvalue weighted by Crippen LogP contribution is -2.39. The van der Waals surface area contributed by atoms with Gasteiger partial charge in [-0.25, -0.2) is 4.79 Å². The molecule has 7 heteroatoms. The number of nitrogens with one attached hydrogen (secondary N) is 1. The van der Waals surface area contributed by atoms with Gasteiger partial charge in [-0.15, -0.1) is 0 Å². The molecule has 5 rings (SSSR count). The first-order valence-corrected chi connectivity index (χ1v) is 15.3. The lowest BCUT2D eigenvalue weighted by molar-refractivity contribution is -0.125. The fraction of sp³-hybridized carbons (Fsp3) is 0.243. The summed E-state index contributed by atoms with van der Waals surface area (Å²) in [7, 11) is 0. The van der Waals surface area contributed by atoms with E-state index in [0.29, 0.717) is 24.4 Å². The van der Waals surface area contributed by atoms with E-state index in [4.69, 9.17) is 9.47 Å². The SMILES string of the molecule is CCCCCCOC(=O)c1ccccc1NC1O/C(=C/c2ccc(N(c3ccccc3)c3ccccc3)cc2)C(=O)N1CC. The first-order valence-electron chi connectivity index (χ1n) is 15.3. The Hall–Kier alpha value is -5.04. The molecule has 4 aromatic carbocycles. The standard InChI is InChI=1S/C37H39N3O4/c1-3-5-6-15-26-43-36(42)32-20-13-14-21-33(32)38-37-39(4-2)35(41)34(44-37)27-28-22-24-31(25-23-28)40(29-16-9-7-10-17-29)30-18-11-8-12-19-30/h7-14,16-25,27,37-38H,3-6,15,26H2,1-2H3/b34-27+. The molecule has 0 aromatic heterocycles. The van der Waals surface area contributed by atoms with Gasteiger partial charge in [-0.2, -0.15) is 0 Å². The molecule has 1 unspecified atom stereocenters. The van der Waals surface area contributed by atoms with Crippen molar-refractivity contribution in [2.45, 2.75) is 45.9 Å². The van der Waals surface area contributed by atoms with Crippen LogP contribution < -0.4 is 10.2 Å². The molecule has 44 heavy (non-hydrogen) atoms. The second kappa shape index (κ2) is 14.9. The van der Waals surface area contributed by atoms with Gasteiger partial charge in [-0.3, -0.25) is 9.69 Å². The van der Waals surface area contributed by atoms with Crippen molar-refractivity contribution in [3.8, 4) is 0 Å². The third kappa shape index (κ3) is 7.29. The maximum atomic E-state index is 13.3. The number of amides is 1. The van der Waals surface area contributed by atoms with Crippen LogP contribution in [-0.4, -0.2) is 36.3 Å². The molecule has 0 radical (unpaired) electrons. The summed E-state index contributed by atoms with van der Waals surface area (Å²) in [6.07, 6.45) is 5.10. The zero-order chi connectivity index (χ0) is 30.7. The van der Waals surface area contributed by atoms with Crippen molar-refractivity contribution in [3.05, 3.63) is 126 Å². The number of ether oxygens (including phenoxy) is 2. The Morgan fingerprint density at radius 1 is 0.818 bits per heavy atom. The van der Waals surface area contributed by atoms with E-state index in [1.807, 2.05) is 73.7 Å². The normalized spacial score (nSPS) is 15.2. The van der Waals surface area contributed by atoms with E-state index in [1.165, 1.54) is 0 Å². The molecule has 4 aromatic rings. The number of para-hydroxylation sites is 3. The number of nitrogens with zero attached hydrogens (tertiary/aromatic N) is 2. The van der Waals surface area contributed by atoms with E-state index in [2.05, 4.69) is 41.4 Å².